The summed E-state index contributed by atoms with van der Waals surface area (Å²) in [5, 5.41) is 6.28. The lowest BCUT2D eigenvalue weighted by atomic mass is 10.1. The molecule has 0 aliphatic rings. The van der Waals surface area contributed by atoms with Crippen LogP contribution in [0.4, 0.5) is 4.79 Å². The van der Waals surface area contributed by atoms with E-state index in [1.54, 1.807) is 37.4 Å². The van der Waals surface area contributed by atoms with Gasteiger partial charge in [-0.1, -0.05) is 30.3 Å². The van der Waals surface area contributed by atoms with E-state index in [9.17, 15) is 14.4 Å². The van der Waals surface area contributed by atoms with Crippen molar-refractivity contribution in [2.75, 3.05) is 0 Å². The summed E-state index contributed by atoms with van der Waals surface area (Å²) in [6.45, 7) is 5.66. The van der Waals surface area contributed by atoms with Gasteiger partial charge in [0.25, 0.3) is 0 Å². The summed E-state index contributed by atoms with van der Waals surface area (Å²) in [5.41, 5.74) is 2.52. The van der Waals surface area contributed by atoms with Crippen LogP contribution < -0.4 is 10.6 Å². The topological polar surface area (TPSA) is 100 Å². The number of urea groups is 1. The zero-order chi connectivity index (χ0) is 21.7. The Morgan fingerprint density at radius 1 is 1.00 bits per heavy atom. The van der Waals surface area contributed by atoms with Crippen LogP contribution >= 0.6 is 0 Å². The second-order valence-corrected chi connectivity index (χ2v) is 7.34. The normalized spacial score (nSPS) is 11.9. The quantitative estimate of drug-likeness (QED) is 0.410. The third kappa shape index (κ3) is 5.05. The van der Waals surface area contributed by atoms with Crippen LogP contribution in [0.25, 0.3) is 10.9 Å². The highest BCUT2D eigenvalue weighted by molar-refractivity contribution is 6.10. The number of Topliss-reactive ketones (excluding diaryl/α,β-unsaturated/α-hetero) is 1. The molecule has 0 saturated heterocycles. The molecule has 0 radical (unpaired) electrons. The molecular formula is C23H25N3O4. The zero-order valence-electron chi connectivity index (χ0n) is 17.2. The number of H-pyrrole nitrogens is 1. The Hall–Kier alpha value is -3.61. The van der Waals surface area contributed by atoms with Crippen LogP contribution in [0.15, 0.2) is 54.7 Å². The number of rotatable bonds is 7. The van der Waals surface area contributed by atoms with Crippen LogP contribution in [0.1, 0.15) is 47.1 Å². The number of hydrogen-bond donors (Lipinski definition) is 3. The Morgan fingerprint density at radius 2 is 1.70 bits per heavy atom. The Morgan fingerprint density at radius 3 is 2.40 bits per heavy atom. The van der Waals surface area contributed by atoms with Crippen LogP contribution in [-0.4, -0.2) is 34.9 Å². The van der Waals surface area contributed by atoms with Crippen molar-refractivity contribution in [1.82, 2.24) is 15.6 Å². The first-order valence-corrected chi connectivity index (χ1v) is 9.79. The highest BCUT2D eigenvalue weighted by Gasteiger charge is 2.22. The molecule has 2 aromatic carbocycles. The summed E-state index contributed by atoms with van der Waals surface area (Å²) in [5.74, 6) is -0.842. The van der Waals surface area contributed by atoms with Crippen molar-refractivity contribution >= 4 is 28.7 Å². The van der Waals surface area contributed by atoms with Crippen LogP contribution in [-0.2, 0) is 11.3 Å². The van der Waals surface area contributed by atoms with Gasteiger partial charge in [-0.3, -0.25) is 4.79 Å². The molecule has 0 spiro atoms. The van der Waals surface area contributed by atoms with Crippen molar-refractivity contribution in [3.05, 3.63) is 71.4 Å². The molecule has 3 N–H and O–H groups in total. The average Bonchev–Trinajstić information content (AvgIpc) is 3.15. The first-order chi connectivity index (χ1) is 14.3. The van der Waals surface area contributed by atoms with E-state index in [4.69, 9.17) is 4.74 Å². The number of amides is 2. The molecule has 1 aromatic heterocycles. The molecular weight excluding hydrogens is 382 g/mol. The molecule has 7 nitrogen and oxygen atoms in total. The molecule has 0 aliphatic carbocycles. The van der Waals surface area contributed by atoms with Crippen LogP contribution in [0.3, 0.4) is 0 Å². The second kappa shape index (κ2) is 9.26. The highest BCUT2D eigenvalue weighted by atomic mass is 16.5. The van der Waals surface area contributed by atoms with Crippen LogP contribution in [0, 0.1) is 0 Å². The van der Waals surface area contributed by atoms with Crippen molar-refractivity contribution < 1.29 is 19.1 Å². The minimum Gasteiger partial charge on any atom is -0.451 e. The van der Waals surface area contributed by atoms with E-state index in [1.807, 2.05) is 38.1 Å². The maximum absolute atomic E-state index is 12.7. The second-order valence-electron chi connectivity index (χ2n) is 7.34. The molecule has 0 saturated carbocycles. The third-order valence-corrected chi connectivity index (χ3v) is 4.57. The van der Waals surface area contributed by atoms with Crippen molar-refractivity contribution in [2.24, 2.45) is 0 Å². The van der Waals surface area contributed by atoms with E-state index in [0.29, 0.717) is 17.7 Å². The smallest absolute Gasteiger partial charge is 0.338 e. The van der Waals surface area contributed by atoms with E-state index >= 15 is 0 Å². The largest absolute Gasteiger partial charge is 0.451 e. The number of aromatic nitrogens is 1. The number of benzene rings is 2. The Labute approximate surface area is 174 Å². The summed E-state index contributed by atoms with van der Waals surface area (Å²) < 4.78 is 5.37. The van der Waals surface area contributed by atoms with Gasteiger partial charge in [0.05, 0.1) is 5.56 Å². The number of nitrogens with one attached hydrogen (secondary N) is 3. The number of fused-ring (bicyclic) bond motifs is 1. The molecule has 1 atom stereocenters. The fraction of sp³-hybridized carbons (Fsp3) is 0.261. The summed E-state index contributed by atoms with van der Waals surface area (Å²) in [4.78, 5) is 39.8. The molecule has 7 heteroatoms. The summed E-state index contributed by atoms with van der Waals surface area (Å²) in [6, 6.07) is 14.0. The van der Waals surface area contributed by atoms with E-state index < -0.39 is 12.1 Å². The van der Waals surface area contributed by atoms with E-state index in [2.05, 4.69) is 15.6 Å². The van der Waals surface area contributed by atoms with Crippen LogP contribution in [0.5, 0.6) is 0 Å². The number of ether oxygens (including phenoxy) is 1. The number of hydrogen-bond acceptors (Lipinski definition) is 4. The standard InChI is InChI=1S/C23H25N3O4/c1-14(2)26-23(29)25-12-16-8-10-17(11-9-16)22(28)30-15(3)21(27)19-13-24-20-7-5-4-6-18(19)20/h4-11,13-15,24H,12H2,1-3H3,(H2,25,26,29). The van der Waals surface area contributed by atoms with Gasteiger partial charge in [0.15, 0.2) is 6.10 Å². The number of carbonyl (C=O) groups excluding carboxylic acids is 3. The molecule has 156 valence electrons. The van der Waals surface area contributed by atoms with Gasteiger partial charge in [-0.25, -0.2) is 9.59 Å². The summed E-state index contributed by atoms with van der Waals surface area (Å²) in [6.07, 6.45) is 0.715. The predicted molar refractivity (Wildman–Crippen MR) is 114 cm³/mol. The molecule has 3 rings (SSSR count). The summed E-state index contributed by atoms with van der Waals surface area (Å²) >= 11 is 0. The molecule has 1 unspecified atom stereocenters. The summed E-state index contributed by atoms with van der Waals surface area (Å²) in [7, 11) is 0. The Kier molecular flexibility index (Phi) is 6.51. The minimum atomic E-state index is -0.919. The van der Waals surface area contributed by atoms with Gasteiger partial charge < -0.3 is 20.4 Å². The molecule has 0 aliphatic heterocycles. The first kappa shape index (κ1) is 21.1. The fourth-order valence-electron chi connectivity index (χ4n) is 3.03. The number of ketones is 1. The maximum Gasteiger partial charge on any atom is 0.338 e. The third-order valence-electron chi connectivity index (χ3n) is 4.57. The molecule has 1 heterocycles. The monoisotopic (exact) mass is 407 g/mol. The first-order valence-electron chi connectivity index (χ1n) is 9.79. The van der Waals surface area contributed by atoms with Gasteiger partial charge >= 0.3 is 12.0 Å². The van der Waals surface area contributed by atoms with E-state index in [-0.39, 0.29) is 17.9 Å². The number of aromatic amines is 1. The Bertz CT molecular complexity index is 1050. The molecule has 2 amide bonds. The van der Waals surface area contributed by atoms with Crippen molar-refractivity contribution in [1.29, 1.82) is 0 Å². The van der Waals surface area contributed by atoms with Gasteiger partial charge in [-0.2, -0.15) is 0 Å². The van der Waals surface area contributed by atoms with Gasteiger partial charge in [0, 0.05) is 35.2 Å². The maximum atomic E-state index is 12.7. The predicted octanol–water partition coefficient (Wildman–Crippen LogP) is 3.80. The van der Waals surface area contributed by atoms with Gasteiger partial charge in [-0.15, -0.1) is 0 Å². The fourth-order valence-corrected chi connectivity index (χ4v) is 3.03. The molecule has 30 heavy (non-hydrogen) atoms. The number of carbonyl (C=O) groups is 3. The zero-order valence-corrected chi connectivity index (χ0v) is 17.2. The van der Waals surface area contributed by atoms with E-state index in [1.165, 1.54) is 0 Å². The average molecular weight is 407 g/mol. The minimum absolute atomic E-state index is 0.0519. The lowest BCUT2D eigenvalue weighted by Gasteiger charge is -2.13. The molecule has 0 bridgehead atoms. The molecule has 0 fully saturated rings. The van der Waals surface area contributed by atoms with Crippen molar-refractivity contribution in [2.45, 2.75) is 39.5 Å². The van der Waals surface area contributed by atoms with Gasteiger partial charge in [0.2, 0.25) is 5.78 Å². The lowest BCUT2D eigenvalue weighted by molar-refractivity contribution is 0.0319. The van der Waals surface area contributed by atoms with Crippen LogP contribution in [0.2, 0.25) is 0 Å². The van der Waals surface area contributed by atoms with Gasteiger partial charge in [-0.05, 0) is 44.5 Å². The number of esters is 1. The SMILES string of the molecule is CC(C)NC(=O)NCc1ccc(C(=O)OC(C)C(=O)c2c[nH]c3ccccc23)cc1. The lowest BCUT2D eigenvalue weighted by Crippen LogP contribution is -2.39. The number of para-hydroxylation sites is 1. The van der Waals surface area contributed by atoms with Gasteiger partial charge in [0.1, 0.15) is 0 Å². The van der Waals surface area contributed by atoms with Crippen molar-refractivity contribution in [3.8, 4) is 0 Å². The van der Waals surface area contributed by atoms with E-state index in [0.717, 1.165) is 16.5 Å². The Balaban J connectivity index is 1.58. The molecule has 3 aromatic rings. The highest BCUT2D eigenvalue weighted by Crippen LogP contribution is 2.20. The van der Waals surface area contributed by atoms with Crippen molar-refractivity contribution in [3.63, 3.8) is 0 Å².